The molecule has 1 amide bonds. The van der Waals surface area contributed by atoms with Gasteiger partial charge >= 0.3 is 0 Å². The third-order valence-electron chi connectivity index (χ3n) is 3.14. The molecule has 0 aromatic heterocycles. The van der Waals surface area contributed by atoms with E-state index in [1.807, 2.05) is 0 Å². The van der Waals surface area contributed by atoms with Crippen molar-refractivity contribution in [2.24, 2.45) is 4.99 Å². The number of aliphatic imine (C=N–C) groups is 1. The Morgan fingerprint density at radius 1 is 1.37 bits per heavy atom. The van der Waals surface area contributed by atoms with Gasteiger partial charge in [0.2, 0.25) is 0 Å². The number of hydrogen-bond acceptors (Lipinski definition) is 3. The highest BCUT2D eigenvalue weighted by molar-refractivity contribution is 6.05. The maximum absolute atomic E-state index is 12.6. The minimum atomic E-state index is -2.54. The molecule has 1 aliphatic heterocycles. The fourth-order valence-electron chi connectivity index (χ4n) is 1.99. The molecule has 1 saturated carbocycles. The van der Waals surface area contributed by atoms with Crippen molar-refractivity contribution in [3.8, 4) is 0 Å². The highest BCUT2D eigenvalue weighted by Gasteiger charge is 2.31. The van der Waals surface area contributed by atoms with Crippen LogP contribution in [0.4, 0.5) is 8.78 Å². The third-order valence-corrected chi connectivity index (χ3v) is 3.14. The van der Waals surface area contributed by atoms with Crippen molar-refractivity contribution in [1.82, 2.24) is 10.6 Å². The van der Waals surface area contributed by atoms with Crippen LogP contribution in [0.1, 0.15) is 36.4 Å². The average molecular weight is 265 g/mol. The van der Waals surface area contributed by atoms with E-state index in [1.165, 1.54) is 18.2 Å². The first-order valence-corrected chi connectivity index (χ1v) is 6.16. The molecule has 1 unspecified atom stereocenters. The summed E-state index contributed by atoms with van der Waals surface area (Å²) in [6.07, 6.45) is -0.404. The van der Waals surface area contributed by atoms with Gasteiger partial charge in [-0.05, 0) is 24.5 Å². The van der Waals surface area contributed by atoms with Crippen molar-refractivity contribution in [2.75, 3.05) is 0 Å². The molecule has 100 valence electrons. The van der Waals surface area contributed by atoms with Crippen molar-refractivity contribution in [2.45, 2.75) is 31.4 Å². The van der Waals surface area contributed by atoms with Gasteiger partial charge < -0.3 is 5.32 Å². The molecule has 3 rings (SSSR count). The SMILES string of the molecule is O=C1NC(NC2CC2)=NC1c1cccc(C(F)F)c1. The quantitative estimate of drug-likeness (QED) is 0.877. The summed E-state index contributed by atoms with van der Waals surface area (Å²) in [4.78, 5) is 16.0. The Balaban J connectivity index is 1.82. The van der Waals surface area contributed by atoms with Gasteiger partial charge in [-0.2, -0.15) is 0 Å². The number of nitrogens with zero attached hydrogens (tertiary/aromatic N) is 1. The second-order valence-electron chi connectivity index (χ2n) is 4.76. The van der Waals surface area contributed by atoms with Gasteiger partial charge in [-0.15, -0.1) is 0 Å². The van der Waals surface area contributed by atoms with Crippen LogP contribution in [0.5, 0.6) is 0 Å². The summed E-state index contributed by atoms with van der Waals surface area (Å²) < 4.78 is 25.3. The zero-order valence-electron chi connectivity index (χ0n) is 10.1. The molecule has 1 heterocycles. The van der Waals surface area contributed by atoms with E-state index < -0.39 is 12.5 Å². The van der Waals surface area contributed by atoms with Crippen molar-refractivity contribution >= 4 is 11.9 Å². The van der Waals surface area contributed by atoms with E-state index in [0.717, 1.165) is 12.8 Å². The Bertz CT molecular complexity index is 540. The highest BCUT2D eigenvalue weighted by atomic mass is 19.3. The molecule has 1 aromatic carbocycles. The smallest absolute Gasteiger partial charge is 0.263 e. The van der Waals surface area contributed by atoms with E-state index in [0.29, 0.717) is 17.6 Å². The predicted octanol–water partition coefficient (Wildman–Crippen LogP) is 1.90. The van der Waals surface area contributed by atoms with Gasteiger partial charge in [0.15, 0.2) is 12.0 Å². The van der Waals surface area contributed by atoms with Gasteiger partial charge in [0.05, 0.1) is 0 Å². The van der Waals surface area contributed by atoms with Crippen molar-refractivity contribution in [3.05, 3.63) is 35.4 Å². The number of halogens is 2. The van der Waals surface area contributed by atoms with Gasteiger partial charge in [-0.3, -0.25) is 10.1 Å². The van der Waals surface area contributed by atoms with Crippen LogP contribution in [0.15, 0.2) is 29.3 Å². The minimum Gasteiger partial charge on any atom is -0.353 e. The fraction of sp³-hybridized carbons (Fsp3) is 0.385. The molecule has 1 aliphatic carbocycles. The molecule has 0 spiro atoms. The summed E-state index contributed by atoms with van der Waals surface area (Å²) in [5.41, 5.74) is 0.395. The molecule has 0 radical (unpaired) electrons. The van der Waals surface area contributed by atoms with Crippen LogP contribution in [0, 0.1) is 0 Å². The Kier molecular flexibility index (Phi) is 2.93. The molecule has 1 atom stereocenters. The predicted molar refractivity (Wildman–Crippen MR) is 65.9 cm³/mol. The average Bonchev–Trinajstić information content (AvgIpc) is 3.12. The lowest BCUT2D eigenvalue weighted by atomic mass is 10.0. The standard InChI is InChI=1S/C13H13F2N3O/c14-11(15)8-3-1-2-7(6-8)10-12(19)18-13(17-10)16-9-4-5-9/h1-3,6,9-11H,4-5H2,(H2,16,17,18,19). The summed E-state index contributed by atoms with van der Waals surface area (Å²) in [7, 11) is 0. The Morgan fingerprint density at radius 3 is 2.84 bits per heavy atom. The van der Waals surface area contributed by atoms with Gasteiger partial charge in [0.1, 0.15) is 0 Å². The van der Waals surface area contributed by atoms with Crippen LogP contribution in [-0.2, 0) is 4.79 Å². The van der Waals surface area contributed by atoms with Crippen LogP contribution in [0.3, 0.4) is 0 Å². The molecular formula is C13H13F2N3O. The number of amides is 1. The van der Waals surface area contributed by atoms with Gasteiger partial charge in [0, 0.05) is 11.6 Å². The lowest BCUT2D eigenvalue weighted by Crippen LogP contribution is -2.37. The molecule has 19 heavy (non-hydrogen) atoms. The number of benzene rings is 1. The normalized spacial score (nSPS) is 22.4. The van der Waals surface area contributed by atoms with Crippen molar-refractivity contribution in [3.63, 3.8) is 0 Å². The number of carbonyl (C=O) groups is 1. The summed E-state index contributed by atoms with van der Waals surface area (Å²) in [6, 6.07) is 5.48. The number of nitrogens with one attached hydrogen (secondary N) is 2. The van der Waals surface area contributed by atoms with E-state index in [1.54, 1.807) is 6.07 Å². The molecule has 6 heteroatoms. The van der Waals surface area contributed by atoms with Crippen LogP contribution in [0.25, 0.3) is 0 Å². The Morgan fingerprint density at radius 2 is 2.16 bits per heavy atom. The van der Waals surface area contributed by atoms with Crippen LogP contribution < -0.4 is 10.6 Å². The molecule has 1 aromatic rings. The lowest BCUT2D eigenvalue weighted by Gasteiger charge is -2.07. The molecule has 4 nitrogen and oxygen atoms in total. The Hall–Kier alpha value is -1.98. The van der Waals surface area contributed by atoms with Crippen LogP contribution >= 0.6 is 0 Å². The minimum absolute atomic E-state index is 0.0934. The van der Waals surface area contributed by atoms with Gasteiger partial charge in [-0.25, -0.2) is 13.8 Å². The number of alkyl halides is 2. The third kappa shape index (κ3) is 2.57. The monoisotopic (exact) mass is 265 g/mol. The summed E-state index contributed by atoms with van der Waals surface area (Å²) in [6.45, 7) is 0. The topological polar surface area (TPSA) is 53.5 Å². The molecule has 0 bridgehead atoms. The van der Waals surface area contributed by atoms with Crippen molar-refractivity contribution < 1.29 is 13.6 Å². The van der Waals surface area contributed by atoms with E-state index in [-0.39, 0.29) is 11.5 Å². The van der Waals surface area contributed by atoms with E-state index in [2.05, 4.69) is 15.6 Å². The lowest BCUT2D eigenvalue weighted by molar-refractivity contribution is -0.120. The molecule has 2 N–H and O–H groups in total. The molecule has 0 saturated heterocycles. The van der Waals surface area contributed by atoms with Crippen LogP contribution in [-0.4, -0.2) is 17.9 Å². The fourth-order valence-corrected chi connectivity index (χ4v) is 1.99. The largest absolute Gasteiger partial charge is 0.353 e. The zero-order chi connectivity index (χ0) is 13.4. The van der Waals surface area contributed by atoms with Gasteiger partial charge in [0.25, 0.3) is 12.3 Å². The summed E-state index contributed by atoms with van der Waals surface area (Å²) >= 11 is 0. The number of guanidine groups is 1. The summed E-state index contributed by atoms with van der Waals surface area (Å²) in [5, 5.41) is 5.73. The maximum atomic E-state index is 12.6. The number of rotatable bonds is 3. The maximum Gasteiger partial charge on any atom is 0.263 e. The van der Waals surface area contributed by atoms with Crippen molar-refractivity contribution in [1.29, 1.82) is 0 Å². The molecular weight excluding hydrogens is 252 g/mol. The van der Waals surface area contributed by atoms with Gasteiger partial charge in [-0.1, -0.05) is 18.2 Å². The first-order chi connectivity index (χ1) is 9.13. The molecule has 1 fully saturated rings. The van der Waals surface area contributed by atoms with Crippen LogP contribution in [0.2, 0.25) is 0 Å². The zero-order valence-corrected chi connectivity index (χ0v) is 10.1. The van der Waals surface area contributed by atoms with E-state index >= 15 is 0 Å². The van der Waals surface area contributed by atoms with E-state index in [4.69, 9.17) is 0 Å². The highest BCUT2D eigenvalue weighted by Crippen LogP contribution is 2.27. The Labute approximate surface area is 108 Å². The van der Waals surface area contributed by atoms with E-state index in [9.17, 15) is 13.6 Å². The first kappa shape index (κ1) is 12.1. The number of carbonyl (C=O) groups excluding carboxylic acids is 1. The summed E-state index contributed by atoms with van der Waals surface area (Å²) in [5.74, 6) is 0.162. The molecule has 2 aliphatic rings. The second kappa shape index (κ2) is 4.60. The second-order valence-corrected chi connectivity index (χ2v) is 4.76. The number of hydrogen-bond donors (Lipinski definition) is 2. The first-order valence-electron chi connectivity index (χ1n) is 6.16.